The summed E-state index contributed by atoms with van der Waals surface area (Å²) >= 11 is 1.45. The van der Waals surface area contributed by atoms with E-state index in [1.54, 1.807) is 6.92 Å². The maximum Gasteiger partial charge on any atom is 0.237 e. The molecule has 0 saturated heterocycles. The van der Waals surface area contributed by atoms with Gasteiger partial charge >= 0.3 is 0 Å². The molecule has 7 heteroatoms. The van der Waals surface area contributed by atoms with Crippen LogP contribution in [0.1, 0.15) is 23.1 Å². The van der Waals surface area contributed by atoms with Crippen molar-refractivity contribution in [2.24, 2.45) is 0 Å². The predicted octanol–water partition coefficient (Wildman–Crippen LogP) is 2.96. The lowest BCUT2D eigenvalue weighted by molar-refractivity contribution is 0.387. The van der Waals surface area contributed by atoms with Crippen molar-refractivity contribution in [2.75, 3.05) is 0 Å². The van der Waals surface area contributed by atoms with Crippen LogP contribution in [0.15, 0.2) is 40.0 Å². The van der Waals surface area contributed by atoms with Gasteiger partial charge in [0.1, 0.15) is 5.82 Å². The molecule has 1 N–H and O–H groups in total. The molecule has 2 heterocycles. The highest BCUT2D eigenvalue weighted by Gasteiger charge is 2.06. The summed E-state index contributed by atoms with van der Waals surface area (Å²) in [4.78, 5) is 8.50. The van der Waals surface area contributed by atoms with E-state index in [2.05, 4.69) is 25.3 Å². The lowest BCUT2D eigenvalue weighted by Crippen LogP contribution is -1.82. The first-order chi connectivity index (χ1) is 10.3. The normalized spacial score (nSPS) is 11.3. The van der Waals surface area contributed by atoms with Crippen molar-refractivity contribution in [3.63, 3.8) is 0 Å². The summed E-state index contributed by atoms with van der Waals surface area (Å²) in [5.41, 5.74) is 1.12. The van der Waals surface area contributed by atoms with Crippen molar-refractivity contribution < 1.29 is 4.52 Å². The molecular weight excluding hydrogens is 286 g/mol. The molecule has 0 spiro atoms. The number of aromatic amines is 1. The monoisotopic (exact) mass is 299 g/mol. The second kappa shape index (κ2) is 6.36. The molecule has 0 aliphatic heterocycles. The Morgan fingerprint density at radius 3 is 2.81 bits per heavy atom. The van der Waals surface area contributed by atoms with Crippen LogP contribution < -0.4 is 0 Å². The van der Waals surface area contributed by atoms with Gasteiger partial charge in [0.15, 0.2) is 5.82 Å². The molecule has 3 rings (SSSR count). The second-order valence-electron chi connectivity index (χ2n) is 4.27. The molecular formula is C14H13N5OS. The van der Waals surface area contributed by atoms with E-state index in [4.69, 9.17) is 4.52 Å². The van der Waals surface area contributed by atoms with Crippen LogP contribution in [-0.4, -0.2) is 25.3 Å². The van der Waals surface area contributed by atoms with E-state index < -0.39 is 0 Å². The second-order valence-corrected chi connectivity index (χ2v) is 5.21. The molecule has 106 valence electrons. The van der Waals surface area contributed by atoms with E-state index >= 15 is 0 Å². The molecule has 0 atom stereocenters. The molecule has 0 radical (unpaired) electrons. The van der Waals surface area contributed by atoms with Crippen molar-refractivity contribution >= 4 is 23.9 Å². The fourth-order valence-electron chi connectivity index (χ4n) is 1.66. The molecule has 0 fully saturated rings. The third-order valence-electron chi connectivity index (χ3n) is 2.61. The van der Waals surface area contributed by atoms with Crippen LogP contribution in [0.5, 0.6) is 0 Å². The van der Waals surface area contributed by atoms with E-state index in [0.717, 1.165) is 5.56 Å². The summed E-state index contributed by atoms with van der Waals surface area (Å²) in [5, 5.41) is 11.4. The Balaban J connectivity index is 1.60. The van der Waals surface area contributed by atoms with Gasteiger partial charge in [-0.2, -0.15) is 4.98 Å². The molecule has 1 aromatic carbocycles. The summed E-state index contributed by atoms with van der Waals surface area (Å²) < 4.78 is 5.04. The largest absolute Gasteiger partial charge is 0.338 e. The molecule has 0 saturated carbocycles. The number of H-pyrrole nitrogens is 1. The average molecular weight is 299 g/mol. The topological polar surface area (TPSA) is 80.5 Å². The van der Waals surface area contributed by atoms with Crippen LogP contribution in [0.25, 0.3) is 12.2 Å². The van der Waals surface area contributed by atoms with E-state index in [9.17, 15) is 0 Å². The molecule has 0 bridgehead atoms. The van der Waals surface area contributed by atoms with Gasteiger partial charge in [-0.15, -0.1) is 5.10 Å². The highest BCUT2D eigenvalue weighted by Crippen LogP contribution is 2.18. The minimum absolute atomic E-state index is 0.556. The third kappa shape index (κ3) is 3.79. The van der Waals surface area contributed by atoms with Crippen molar-refractivity contribution in [3.05, 3.63) is 53.4 Å². The number of benzene rings is 1. The number of aromatic nitrogens is 5. The molecule has 3 aromatic rings. The van der Waals surface area contributed by atoms with Crippen LogP contribution in [0.4, 0.5) is 0 Å². The fraction of sp³-hybridized carbons (Fsp3) is 0.143. The standard InChI is InChI=1S/C14H13N5OS/c1-10-15-13(20-19-10)9-21-14-16-12(17-18-14)8-7-11-5-3-2-4-6-11/h2-8H,9H2,1H3,(H,16,17,18)/b8-7+. The summed E-state index contributed by atoms with van der Waals surface area (Å²) in [6.45, 7) is 1.79. The molecule has 0 amide bonds. The molecule has 0 aliphatic carbocycles. The Hall–Kier alpha value is -2.41. The Morgan fingerprint density at radius 1 is 1.19 bits per heavy atom. The highest BCUT2D eigenvalue weighted by atomic mass is 32.2. The fourth-order valence-corrected chi connectivity index (χ4v) is 2.30. The Morgan fingerprint density at radius 2 is 2.05 bits per heavy atom. The van der Waals surface area contributed by atoms with Gasteiger partial charge in [-0.25, -0.2) is 4.98 Å². The maximum absolute atomic E-state index is 5.04. The number of nitrogens with zero attached hydrogens (tertiary/aromatic N) is 4. The Labute approximate surface area is 125 Å². The third-order valence-corrected chi connectivity index (χ3v) is 3.44. The first-order valence-corrected chi connectivity index (χ1v) is 7.36. The van der Waals surface area contributed by atoms with E-state index in [1.165, 1.54) is 11.8 Å². The van der Waals surface area contributed by atoms with Crippen molar-refractivity contribution in [2.45, 2.75) is 17.8 Å². The molecule has 0 unspecified atom stereocenters. The van der Waals surface area contributed by atoms with Crippen LogP contribution in [0.3, 0.4) is 0 Å². The molecule has 2 aromatic heterocycles. The Kier molecular flexibility index (Phi) is 4.11. The number of nitrogens with one attached hydrogen (secondary N) is 1. The molecule has 0 aliphatic rings. The first kappa shape index (κ1) is 13.6. The van der Waals surface area contributed by atoms with Crippen molar-refractivity contribution in [3.8, 4) is 0 Å². The van der Waals surface area contributed by atoms with E-state index in [-0.39, 0.29) is 0 Å². The zero-order valence-electron chi connectivity index (χ0n) is 11.4. The lowest BCUT2D eigenvalue weighted by Gasteiger charge is -1.90. The maximum atomic E-state index is 5.04. The predicted molar refractivity (Wildman–Crippen MR) is 80.3 cm³/mol. The van der Waals surface area contributed by atoms with Gasteiger partial charge in [0, 0.05) is 0 Å². The van der Waals surface area contributed by atoms with E-state index in [1.807, 2.05) is 42.5 Å². The van der Waals surface area contributed by atoms with Gasteiger partial charge in [-0.05, 0) is 18.6 Å². The van der Waals surface area contributed by atoms with Gasteiger partial charge < -0.3 is 4.52 Å². The van der Waals surface area contributed by atoms with Gasteiger partial charge in [0.25, 0.3) is 0 Å². The van der Waals surface area contributed by atoms with Crippen LogP contribution in [-0.2, 0) is 5.75 Å². The number of rotatable bonds is 5. The van der Waals surface area contributed by atoms with E-state index in [0.29, 0.717) is 28.4 Å². The summed E-state index contributed by atoms with van der Waals surface area (Å²) in [7, 11) is 0. The summed E-state index contributed by atoms with van der Waals surface area (Å²) in [5.74, 6) is 2.47. The number of hydrogen-bond acceptors (Lipinski definition) is 6. The van der Waals surface area contributed by atoms with Crippen LogP contribution >= 0.6 is 11.8 Å². The van der Waals surface area contributed by atoms with Gasteiger partial charge in [-0.1, -0.05) is 53.3 Å². The highest BCUT2D eigenvalue weighted by molar-refractivity contribution is 7.98. The van der Waals surface area contributed by atoms with Gasteiger partial charge in [-0.3, -0.25) is 5.10 Å². The number of aryl methyl sites for hydroxylation is 1. The summed E-state index contributed by atoms with van der Waals surface area (Å²) in [6, 6.07) is 10.0. The SMILES string of the molecule is Cc1noc(CSc2n[nH]c(/C=C/c3ccccc3)n2)n1. The summed E-state index contributed by atoms with van der Waals surface area (Å²) in [6.07, 6.45) is 3.87. The number of thioether (sulfide) groups is 1. The molecule has 6 nitrogen and oxygen atoms in total. The average Bonchev–Trinajstić information content (AvgIpc) is 3.13. The molecule has 21 heavy (non-hydrogen) atoms. The minimum Gasteiger partial charge on any atom is -0.338 e. The first-order valence-electron chi connectivity index (χ1n) is 6.37. The quantitative estimate of drug-likeness (QED) is 0.729. The van der Waals surface area contributed by atoms with Gasteiger partial charge in [0.05, 0.1) is 5.75 Å². The van der Waals surface area contributed by atoms with Crippen molar-refractivity contribution in [1.82, 2.24) is 25.3 Å². The minimum atomic E-state index is 0.556. The van der Waals surface area contributed by atoms with Gasteiger partial charge in [0.2, 0.25) is 11.0 Å². The number of hydrogen-bond donors (Lipinski definition) is 1. The smallest absolute Gasteiger partial charge is 0.237 e. The lowest BCUT2D eigenvalue weighted by atomic mass is 10.2. The van der Waals surface area contributed by atoms with Crippen molar-refractivity contribution in [1.29, 1.82) is 0 Å². The zero-order chi connectivity index (χ0) is 14.5. The Bertz CT molecular complexity index is 735. The van der Waals surface area contributed by atoms with Crippen LogP contribution in [0.2, 0.25) is 0 Å². The van der Waals surface area contributed by atoms with Crippen LogP contribution in [0, 0.1) is 6.92 Å². The zero-order valence-corrected chi connectivity index (χ0v) is 12.2.